The van der Waals surface area contributed by atoms with Crippen LogP contribution in [0.5, 0.6) is 5.75 Å². The highest BCUT2D eigenvalue weighted by atomic mass is 79.9. The third-order valence-corrected chi connectivity index (χ3v) is 8.21. The van der Waals surface area contributed by atoms with Gasteiger partial charge in [-0.05, 0) is 71.3 Å². The Morgan fingerprint density at radius 1 is 0.651 bits per heavy atom. The van der Waals surface area contributed by atoms with Gasteiger partial charge in [0.05, 0.1) is 35.1 Å². The fourth-order valence-electron chi connectivity index (χ4n) is 5.54. The minimum atomic E-state index is 0.667. The number of halogens is 2. The van der Waals surface area contributed by atoms with Crippen molar-refractivity contribution in [2.45, 2.75) is 0 Å². The van der Waals surface area contributed by atoms with Crippen LogP contribution in [0.4, 0.5) is 11.5 Å². The minimum absolute atomic E-state index is 0.667. The summed E-state index contributed by atoms with van der Waals surface area (Å²) in [5, 5.41) is 6.28. The van der Waals surface area contributed by atoms with Crippen molar-refractivity contribution in [1.29, 1.82) is 0 Å². The van der Waals surface area contributed by atoms with Crippen LogP contribution in [-0.4, -0.2) is 17.1 Å². The molecule has 208 valence electrons. The molecule has 0 fully saturated rings. The first kappa shape index (κ1) is 27.1. The molecular formula is C37H25BrClN3O. The summed E-state index contributed by atoms with van der Waals surface area (Å²) in [6, 6.07) is 42.8. The summed E-state index contributed by atoms with van der Waals surface area (Å²) in [7, 11) is 1.67. The van der Waals surface area contributed by atoms with Crippen molar-refractivity contribution in [3.8, 4) is 39.3 Å². The Labute approximate surface area is 263 Å². The van der Waals surface area contributed by atoms with E-state index in [1.165, 1.54) is 0 Å². The molecule has 2 heterocycles. The van der Waals surface area contributed by atoms with Gasteiger partial charge >= 0.3 is 0 Å². The lowest BCUT2D eigenvalue weighted by atomic mass is 9.91. The zero-order valence-corrected chi connectivity index (χ0v) is 25.5. The average molecular weight is 643 g/mol. The van der Waals surface area contributed by atoms with Gasteiger partial charge in [0.25, 0.3) is 0 Å². The maximum absolute atomic E-state index is 6.50. The van der Waals surface area contributed by atoms with E-state index >= 15 is 0 Å². The van der Waals surface area contributed by atoms with E-state index in [-0.39, 0.29) is 0 Å². The first-order valence-corrected chi connectivity index (χ1v) is 15.0. The van der Waals surface area contributed by atoms with Gasteiger partial charge in [0.15, 0.2) is 0 Å². The number of benzene rings is 5. The third-order valence-electron chi connectivity index (χ3n) is 7.48. The fourth-order valence-corrected chi connectivity index (χ4v) is 6.07. The molecular weight excluding hydrogens is 618 g/mol. The summed E-state index contributed by atoms with van der Waals surface area (Å²) in [5.74, 6) is 1.40. The Bertz CT molecular complexity index is 2120. The van der Waals surface area contributed by atoms with Gasteiger partial charge in [-0.15, -0.1) is 0 Å². The largest absolute Gasteiger partial charge is 0.495 e. The molecule has 0 unspecified atom stereocenters. The summed E-state index contributed by atoms with van der Waals surface area (Å²) in [6.07, 6.45) is 0. The van der Waals surface area contributed by atoms with E-state index in [1.807, 2.05) is 78.9 Å². The molecule has 0 aliphatic heterocycles. The van der Waals surface area contributed by atoms with E-state index in [2.05, 4.69) is 69.8 Å². The highest BCUT2D eigenvalue weighted by molar-refractivity contribution is 9.10. The SMILES string of the molecule is COc1ccccc1Nc1nc2ccc(Br)cc2c(-c2ccccc2)c1-c1cc(-c2ccccc2)c2cc(Cl)ccc2n1. The Hall–Kier alpha value is -4.71. The molecule has 43 heavy (non-hydrogen) atoms. The second kappa shape index (κ2) is 11.5. The number of rotatable bonds is 6. The second-order valence-electron chi connectivity index (χ2n) is 10.1. The summed E-state index contributed by atoms with van der Waals surface area (Å²) in [4.78, 5) is 10.4. The van der Waals surface area contributed by atoms with Gasteiger partial charge in [0.2, 0.25) is 0 Å². The lowest BCUT2D eigenvalue weighted by Crippen LogP contribution is -2.03. The van der Waals surface area contributed by atoms with E-state index in [4.69, 9.17) is 26.3 Å². The molecule has 0 saturated heterocycles. The molecule has 0 aliphatic rings. The van der Waals surface area contributed by atoms with Crippen LogP contribution in [0.3, 0.4) is 0 Å². The lowest BCUT2D eigenvalue weighted by molar-refractivity contribution is 0.417. The van der Waals surface area contributed by atoms with Crippen molar-refractivity contribution >= 4 is 60.8 Å². The quantitative estimate of drug-likeness (QED) is 0.196. The van der Waals surface area contributed by atoms with Crippen LogP contribution in [0.25, 0.3) is 55.3 Å². The Kier molecular flexibility index (Phi) is 7.27. The first-order valence-electron chi connectivity index (χ1n) is 13.8. The summed E-state index contributed by atoms with van der Waals surface area (Å²) < 4.78 is 6.68. The Morgan fingerprint density at radius 2 is 1.33 bits per heavy atom. The number of fused-ring (bicyclic) bond motifs is 2. The van der Waals surface area contributed by atoms with E-state index in [9.17, 15) is 0 Å². The molecule has 0 aliphatic carbocycles. The molecule has 0 bridgehead atoms. The molecule has 0 saturated carbocycles. The molecule has 0 spiro atoms. The first-order chi connectivity index (χ1) is 21.1. The Morgan fingerprint density at radius 3 is 2.09 bits per heavy atom. The number of aromatic nitrogens is 2. The number of hydrogen-bond donors (Lipinski definition) is 1. The third kappa shape index (κ3) is 5.22. The van der Waals surface area contributed by atoms with Crippen molar-refractivity contribution in [2.24, 2.45) is 0 Å². The second-order valence-corrected chi connectivity index (χ2v) is 11.5. The number of ether oxygens (including phenoxy) is 1. The van der Waals surface area contributed by atoms with Gasteiger partial charge in [0.1, 0.15) is 11.6 Å². The smallest absolute Gasteiger partial charge is 0.142 e. The van der Waals surface area contributed by atoms with Gasteiger partial charge in [-0.2, -0.15) is 0 Å². The van der Waals surface area contributed by atoms with E-state index in [1.54, 1.807) is 7.11 Å². The standard InChI is InChI=1S/C37H25BrClN3O/c1-43-34-15-9-8-14-32(34)42-37-36(35(24-12-6-3-7-13-24)29-20-25(38)16-18-31(29)41-37)33-22-27(23-10-4-2-5-11-23)28-21-26(39)17-19-30(28)40-33/h2-22H,1H3,(H,41,42). The zero-order valence-electron chi connectivity index (χ0n) is 23.2. The zero-order chi connectivity index (χ0) is 29.3. The van der Waals surface area contributed by atoms with Crippen LogP contribution >= 0.6 is 27.5 Å². The molecule has 6 heteroatoms. The minimum Gasteiger partial charge on any atom is -0.495 e. The maximum Gasteiger partial charge on any atom is 0.142 e. The predicted molar refractivity (Wildman–Crippen MR) is 182 cm³/mol. The summed E-state index contributed by atoms with van der Waals surface area (Å²) in [5.41, 5.74) is 8.40. The number of para-hydroxylation sites is 2. The number of nitrogens with zero attached hydrogens (tertiary/aromatic N) is 2. The van der Waals surface area contributed by atoms with Gasteiger partial charge in [-0.3, -0.25) is 0 Å². The van der Waals surface area contributed by atoms with Crippen molar-refractivity contribution in [2.75, 3.05) is 12.4 Å². The molecule has 7 rings (SSSR count). The maximum atomic E-state index is 6.50. The molecule has 2 aromatic heterocycles. The van der Waals surface area contributed by atoms with E-state index in [0.717, 1.165) is 71.2 Å². The summed E-state index contributed by atoms with van der Waals surface area (Å²) >= 11 is 10.2. The molecule has 5 aromatic carbocycles. The van der Waals surface area contributed by atoms with Crippen LogP contribution in [0.1, 0.15) is 0 Å². The molecule has 1 N–H and O–H groups in total. The van der Waals surface area contributed by atoms with Crippen LogP contribution < -0.4 is 10.1 Å². The van der Waals surface area contributed by atoms with Crippen molar-refractivity contribution in [1.82, 2.24) is 9.97 Å². The monoisotopic (exact) mass is 641 g/mol. The van der Waals surface area contributed by atoms with Gasteiger partial charge < -0.3 is 10.1 Å². The number of anilines is 2. The number of hydrogen-bond acceptors (Lipinski definition) is 4. The lowest BCUT2D eigenvalue weighted by Gasteiger charge is -2.20. The molecule has 4 nitrogen and oxygen atoms in total. The van der Waals surface area contributed by atoms with Crippen LogP contribution in [-0.2, 0) is 0 Å². The number of nitrogens with one attached hydrogen (secondary N) is 1. The van der Waals surface area contributed by atoms with Crippen LogP contribution in [0.15, 0.2) is 132 Å². The number of pyridine rings is 2. The van der Waals surface area contributed by atoms with Gasteiger partial charge in [0, 0.05) is 25.8 Å². The predicted octanol–water partition coefficient (Wildman–Crippen LogP) is 11.0. The van der Waals surface area contributed by atoms with Crippen molar-refractivity contribution in [3.63, 3.8) is 0 Å². The Balaban J connectivity index is 1.61. The van der Waals surface area contributed by atoms with Crippen molar-refractivity contribution in [3.05, 3.63) is 137 Å². The fraction of sp³-hybridized carbons (Fsp3) is 0.0270. The van der Waals surface area contributed by atoms with Crippen LogP contribution in [0, 0.1) is 0 Å². The number of methoxy groups -OCH3 is 1. The molecule has 7 aromatic rings. The highest BCUT2D eigenvalue weighted by Crippen LogP contribution is 2.45. The van der Waals surface area contributed by atoms with Gasteiger partial charge in [-0.25, -0.2) is 9.97 Å². The molecule has 0 atom stereocenters. The topological polar surface area (TPSA) is 47.0 Å². The van der Waals surface area contributed by atoms with Crippen LogP contribution in [0.2, 0.25) is 5.02 Å². The van der Waals surface area contributed by atoms with E-state index < -0.39 is 0 Å². The van der Waals surface area contributed by atoms with Gasteiger partial charge in [-0.1, -0.05) is 100 Å². The van der Waals surface area contributed by atoms with Crippen molar-refractivity contribution < 1.29 is 4.74 Å². The average Bonchev–Trinajstić information content (AvgIpc) is 3.05. The summed E-state index contributed by atoms with van der Waals surface area (Å²) in [6.45, 7) is 0. The normalized spacial score (nSPS) is 11.1. The van der Waals surface area contributed by atoms with E-state index in [0.29, 0.717) is 10.8 Å². The highest BCUT2D eigenvalue weighted by Gasteiger charge is 2.22. The molecule has 0 amide bonds. The molecule has 0 radical (unpaired) electrons.